The van der Waals surface area contributed by atoms with Crippen LogP contribution < -0.4 is 16.4 Å². The van der Waals surface area contributed by atoms with E-state index < -0.39 is 23.4 Å². The summed E-state index contributed by atoms with van der Waals surface area (Å²) < 4.78 is 1.53. The van der Waals surface area contributed by atoms with Crippen molar-refractivity contribution in [3.8, 4) is 0 Å². The lowest BCUT2D eigenvalue weighted by Gasteiger charge is -2.22. The third-order valence-electron chi connectivity index (χ3n) is 2.55. The first-order chi connectivity index (χ1) is 9.22. The van der Waals surface area contributed by atoms with Gasteiger partial charge in [-0.15, -0.1) is 0 Å². The predicted molar refractivity (Wildman–Crippen MR) is 69.0 cm³/mol. The molecule has 1 heterocycles. The molecular weight excluding hydrogens is 266 g/mol. The second-order valence-corrected chi connectivity index (χ2v) is 4.67. The quantitative estimate of drug-likeness (QED) is 0.538. The minimum Gasteiger partial charge on any atom is -0.476 e. The van der Waals surface area contributed by atoms with Crippen molar-refractivity contribution in [1.29, 1.82) is 0 Å². The fraction of sp³-hybridized carbons (Fsp3) is 0.455. The van der Waals surface area contributed by atoms with E-state index in [4.69, 9.17) is 10.8 Å². The van der Waals surface area contributed by atoms with Crippen LogP contribution in [0.2, 0.25) is 0 Å². The SMILES string of the molecule is CC(C)(NC(=O)NCCn1cnc(C(=O)O)c1)C(N)=O. The van der Waals surface area contributed by atoms with Crippen LogP contribution in [0.15, 0.2) is 12.5 Å². The molecule has 0 aliphatic heterocycles. The van der Waals surface area contributed by atoms with Crippen molar-refractivity contribution in [2.45, 2.75) is 25.9 Å². The number of rotatable bonds is 6. The van der Waals surface area contributed by atoms with Crippen molar-refractivity contribution in [3.63, 3.8) is 0 Å². The molecule has 0 saturated heterocycles. The number of nitrogens with two attached hydrogens (primary N) is 1. The van der Waals surface area contributed by atoms with Gasteiger partial charge in [-0.1, -0.05) is 0 Å². The van der Waals surface area contributed by atoms with Gasteiger partial charge in [0.15, 0.2) is 5.69 Å². The lowest BCUT2D eigenvalue weighted by atomic mass is 10.1. The zero-order chi connectivity index (χ0) is 15.3. The second kappa shape index (κ2) is 6.04. The molecule has 0 radical (unpaired) electrons. The zero-order valence-corrected chi connectivity index (χ0v) is 11.2. The molecular formula is C11H17N5O4. The molecule has 9 heteroatoms. The average Bonchev–Trinajstić information content (AvgIpc) is 2.77. The summed E-state index contributed by atoms with van der Waals surface area (Å²) >= 11 is 0. The van der Waals surface area contributed by atoms with Crippen LogP contribution in [0.3, 0.4) is 0 Å². The molecule has 20 heavy (non-hydrogen) atoms. The molecule has 0 aliphatic carbocycles. The predicted octanol–water partition coefficient (Wildman–Crippen LogP) is -0.856. The van der Waals surface area contributed by atoms with Crippen molar-refractivity contribution in [2.75, 3.05) is 6.54 Å². The number of aromatic carboxylic acids is 1. The first kappa shape index (κ1) is 15.5. The molecule has 1 aromatic heterocycles. The van der Waals surface area contributed by atoms with Gasteiger partial charge in [-0.3, -0.25) is 4.79 Å². The zero-order valence-electron chi connectivity index (χ0n) is 11.2. The van der Waals surface area contributed by atoms with Crippen molar-refractivity contribution >= 4 is 17.9 Å². The number of primary amides is 1. The molecule has 110 valence electrons. The van der Waals surface area contributed by atoms with E-state index in [9.17, 15) is 14.4 Å². The van der Waals surface area contributed by atoms with Gasteiger partial charge in [-0.2, -0.15) is 0 Å². The number of aromatic nitrogens is 2. The second-order valence-electron chi connectivity index (χ2n) is 4.67. The summed E-state index contributed by atoms with van der Waals surface area (Å²) in [7, 11) is 0. The third kappa shape index (κ3) is 4.26. The summed E-state index contributed by atoms with van der Waals surface area (Å²) in [5.41, 5.74) is 3.91. The minimum atomic E-state index is -1.14. The Morgan fingerprint density at radius 3 is 2.60 bits per heavy atom. The summed E-state index contributed by atoms with van der Waals surface area (Å²) in [6.45, 7) is 3.58. The monoisotopic (exact) mass is 283 g/mol. The van der Waals surface area contributed by atoms with Gasteiger partial charge < -0.3 is 26.0 Å². The molecule has 0 atom stereocenters. The molecule has 9 nitrogen and oxygen atoms in total. The first-order valence-corrected chi connectivity index (χ1v) is 5.83. The van der Waals surface area contributed by atoms with Crippen molar-refractivity contribution < 1.29 is 19.5 Å². The van der Waals surface area contributed by atoms with E-state index in [-0.39, 0.29) is 12.2 Å². The largest absolute Gasteiger partial charge is 0.476 e. The van der Waals surface area contributed by atoms with Gasteiger partial charge in [-0.25, -0.2) is 14.6 Å². The Morgan fingerprint density at radius 1 is 1.45 bits per heavy atom. The van der Waals surface area contributed by atoms with Crippen molar-refractivity contribution in [2.24, 2.45) is 5.73 Å². The number of hydrogen-bond donors (Lipinski definition) is 4. The Morgan fingerprint density at radius 2 is 2.10 bits per heavy atom. The number of imidazole rings is 1. The summed E-state index contributed by atoms with van der Waals surface area (Å²) in [6.07, 6.45) is 2.71. The van der Waals surface area contributed by atoms with Gasteiger partial charge in [-0.05, 0) is 13.8 Å². The summed E-state index contributed by atoms with van der Waals surface area (Å²) in [4.78, 5) is 36.8. The fourth-order valence-corrected chi connectivity index (χ4v) is 1.28. The van der Waals surface area contributed by atoms with Gasteiger partial charge >= 0.3 is 12.0 Å². The minimum absolute atomic E-state index is 0.0655. The van der Waals surface area contributed by atoms with Crippen LogP contribution in [0.5, 0.6) is 0 Å². The number of carbonyl (C=O) groups excluding carboxylic acids is 2. The van der Waals surface area contributed by atoms with Crippen LogP contribution in [-0.4, -0.2) is 44.6 Å². The summed E-state index contributed by atoms with van der Waals surface area (Å²) in [6, 6.07) is -0.535. The van der Waals surface area contributed by atoms with Crippen LogP contribution in [0.25, 0.3) is 0 Å². The van der Waals surface area contributed by atoms with Crippen LogP contribution in [-0.2, 0) is 11.3 Å². The highest BCUT2D eigenvalue weighted by atomic mass is 16.4. The lowest BCUT2D eigenvalue weighted by Crippen LogP contribution is -2.56. The Bertz CT molecular complexity index is 523. The summed E-state index contributed by atoms with van der Waals surface area (Å²) in [5.74, 6) is -1.76. The number of urea groups is 1. The molecule has 0 unspecified atom stereocenters. The lowest BCUT2D eigenvalue weighted by molar-refractivity contribution is -0.122. The molecule has 0 saturated carbocycles. The van der Waals surface area contributed by atoms with Crippen LogP contribution >= 0.6 is 0 Å². The highest BCUT2D eigenvalue weighted by Gasteiger charge is 2.26. The van der Waals surface area contributed by atoms with Gasteiger partial charge in [0.1, 0.15) is 5.54 Å². The van der Waals surface area contributed by atoms with E-state index in [0.717, 1.165) is 0 Å². The topological polar surface area (TPSA) is 139 Å². The molecule has 0 aliphatic rings. The maximum absolute atomic E-state index is 11.5. The third-order valence-corrected chi connectivity index (χ3v) is 2.55. The van der Waals surface area contributed by atoms with Gasteiger partial charge in [0, 0.05) is 19.3 Å². The molecule has 1 aromatic rings. The highest BCUT2D eigenvalue weighted by molar-refractivity contribution is 5.89. The smallest absolute Gasteiger partial charge is 0.356 e. The number of carbonyl (C=O) groups is 3. The van der Waals surface area contributed by atoms with Crippen LogP contribution in [0, 0.1) is 0 Å². The number of carboxylic acid groups (broad SMARTS) is 1. The van der Waals surface area contributed by atoms with Gasteiger partial charge in [0.05, 0.1) is 6.33 Å². The normalized spacial score (nSPS) is 10.9. The number of nitrogens with one attached hydrogen (secondary N) is 2. The molecule has 0 fully saturated rings. The molecule has 5 N–H and O–H groups in total. The molecule has 0 aromatic carbocycles. The van der Waals surface area contributed by atoms with Crippen LogP contribution in [0.4, 0.5) is 4.79 Å². The maximum atomic E-state index is 11.5. The molecule has 1 rings (SSSR count). The van der Waals surface area contributed by atoms with E-state index in [1.165, 1.54) is 30.9 Å². The Kier molecular flexibility index (Phi) is 4.68. The number of nitrogens with zero attached hydrogens (tertiary/aromatic N) is 2. The molecule has 0 spiro atoms. The van der Waals surface area contributed by atoms with E-state index in [0.29, 0.717) is 6.54 Å². The Balaban J connectivity index is 2.38. The Hall–Kier alpha value is -2.58. The number of carboxylic acids is 1. The van der Waals surface area contributed by atoms with E-state index in [2.05, 4.69) is 15.6 Å². The van der Waals surface area contributed by atoms with Crippen LogP contribution in [0.1, 0.15) is 24.3 Å². The molecule has 3 amide bonds. The summed E-state index contributed by atoms with van der Waals surface area (Å²) in [5, 5.41) is 13.6. The van der Waals surface area contributed by atoms with Crippen molar-refractivity contribution in [3.05, 3.63) is 18.2 Å². The van der Waals surface area contributed by atoms with E-state index in [1.807, 2.05) is 0 Å². The maximum Gasteiger partial charge on any atom is 0.356 e. The van der Waals surface area contributed by atoms with Gasteiger partial charge in [0.2, 0.25) is 5.91 Å². The number of hydrogen-bond acceptors (Lipinski definition) is 4. The molecule has 0 bridgehead atoms. The van der Waals surface area contributed by atoms with E-state index >= 15 is 0 Å². The fourth-order valence-electron chi connectivity index (χ4n) is 1.28. The number of amides is 3. The van der Waals surface area contributed by atoms with Crippen molar-refractivity contribution in [1.82, 2.24) is 20.2 Å². The average molecular weight is 283 g/mol. The standard InChI is InChI=1S/C11H17N5O4/c1-11(2,9(12)19)15-10(20)13-3-4-16-5-7(8(17)18)14-6-16/h5-6H,3-4H2,1-2H3,(H2,12,19)(H,17,18)(H2,13,15,20). The first-order valence-electron chi connectivity index (χ1n) is 5.83. The van der Waals surface area contributed by atoms with Gasteiger partial charge in [0.25, 0.3) is 0 Å². The Labute approximate surface area is 115 Å². The highest BCUT2D eigenvalue weighted by Crippen LogP contribution is 1.99. The van der Waals surface area contributed by atoms with E-state index in [1.54, 1.807) is 0 Å².